The fourth-order valence-corrected chi connectivity index (χ4v) is 2.94. The zero-order valence-corrected chi connectivity index (χ0v) is 15.0. The lowest BCUT2D eigenvalue weighted by Gasteiger charge is -2.25. The standard InChI is InChI=1S/C17H17Cl2NO4/c1-4-14-12(17(22)23)8-15(24-14)16(21)20(3)9(2)11-6-5-10(18)7-13(11)19/h5-9H,4H2,1-3H3,(H,22,23). The lowest BCUT2D eigenvalue weighted by molar-refractivity contribution is 0.0689. The van der Waals surface area contributed by atoms with Gasteiger partial charge in [-0.15, -0.1) is 0 Å². The van der Waals surface area contributed by atoms with Gasteiger partial charge in [0.25, 0.3) is 5.91 Å². The number of benzene rings is 1. The lowest BCUT2D eigenvalue weighted by atomic mass is 10.1. The van der Waals surface area contributed by atoms with Crippen molar-refractivity contribution in [3.05, 3.63) is 57.0 Å². The fraction of sp³-hybridized carbons (Fsp3) is 0.294. The first-order chi connectivity index (χ1) is 11.3. The molecule has 1 atom stereocenters. The van der Waals surface area contributed by atoms with Crippen molar-refractivity contribution in [3.8, 4) is 0 Å². The van der Waals surface area contributed by atoms with Crippen LogP contribution >= 0.6 is 23.2 Å². The number of furan rings is 1. The highest BCUT2D eigenvalue weighted by atomic mass is 35.5. The number of rotatable bonds is 5. The summed E-state index contributed by atoms with van der Waals surface area (Å²) >= 11 is 12.1. The predicted octanol–water partition coefficient (Wildman–Crippen LogP) is 4.68. The Hall–Kier alpha value is -1.98. The summed E-state index contributed by atoms with van der Waals surface area (Å²) < 4.78 is 5.42. The van der Waals surface area contributed by atoms with Gasteiger partial charge in [-0.2, -0.15) is 0 Å². The van der Waals surface area contributed by atoms with Crippen LogP contribution in [0.25, 0.3) is 0 Å². The number of carbonyl (C=O) groups excluding carboxylic acids is 1. The minimum absolute atomic E-state index is 0.00595. The molecule has 0 aliphatic heterocycles. The molecule has 1 unspecified atom stereocenters. The van der Waals surface area contributed by atoms with Gasteiger partial charge < -0.3 is 14.4 Å². The maximum atomic E-state index is 12.6. The van der Waals surface area contributed by atoms with Crippen LogP contribution in [0.2, 0.25) is 10.0 Å². The number of carboxylic acid groups (broad SMARTS) is 1. The molecule has 1 amide bonds. The van der Waals surface area contributed by atoms with Crippen molar-refractivity contribution < 1.29 is 19.1 Å². The van der Waals surface area contributed by atoms with E-state index in [0.717, 1.165) is 5.56 Å². The van der Waals surface area contributed by atoms with E-state index in [9.17, 15) is 9.59 Å². The molecule has 0 saturated carbocycles. The van der Waals surface area contributed by atoms with Gasteiger partial charge >= 0.3 is 5.97 Å². The van der Waals surface area contributed by atoms with Crippen LogP contribution in [0.4, 0.5) is 0 Å². The first-order valence-electron chi connectivity index (χ1n) is 7.34. The van der Waals surface area contributed by atoms with Crippen molar-refractivity contribution in [1.29, 1.82) is 0 Å². The molecule has 0 aliphatic carbocycles. The summed E-state index contributed by atoms with van der Waals surface area (Å²) in [6.45, 7) is 3.58. The summed E-state index contributed by atoms with van der Waals surface area (Å²) in [6.07, 6.45) is 0.386. The third kappa shape index (κ3) is 3.57. The molecule has 0 saturated heterocycles. The van der Waals surface area contributed by atoms with Crippen LogP contribution in [0.1, 0.15) is 52.1 Å². The Morgan fingerprint density at radius 2 is 1.96 bits per heavy atom. The molecule has 0 spiro atoms. The quantitative estimate of drug-likeness (QED) is 0.830. The van der Waals surface area contributed by atoms with Crippen molar-refractivity contribution >= 4 is 35.1 Å². The number of amides is 1. The number of carbonyl (C=O) groups is 2. The Morgan fingerprint density at radius 1 is 1.29 bits per heavy atom. The summed E-state index contributed by atoms with van der Waals surface area (Å²) in [4.78, 5) is 25.3. The first kappa shape index (κ1) is 18.4. The number of nitrogens with zero attached hydrogens (tertiary/aromatic N) is 1. The average Bonchev–Trinajstić information content (AvgIpc) is 2.97. The Kier molecular flexibility index (Phi) is 5.57. The minimum atomic E-state index is -1.12. The summed E-state index contributed by atoms with van der Waals surface area (Å²) in [5.41, 5.74) is 0.740. The van der Waals surface area contributed by atoms with Gasteiger partial charge in [-0.3, -0.25) is 4.79 Å². The zero-order valence-electron chi connectivity index (χ0n) is 13.5. The summed E-state index contributed by atoms with van der Waals surface area (Å²) in [5, 5.41) is 10.1. The molecule has 1 heterocycles. The van der Waals surface area contributed by atoms with Gasteiger partial charge in [-0.1, -0.05) is 36.2 Å². The monoisotopic (exact) mass is 369 g/mol. The van der Waals surface area contributed by atoms with Crippen LogP contribution in [-0.2, 0) is 6.42 Å². The van der Waals surface area contributed by atoms with Crippen molar-refractivity contribution in [3.63, 3.8) is 0 Å². The van der Waals surface area contributed by atoms with E-state index < -0.39 is 11.9 Å². The summed E-state index contributed by atoms with van der Waals surface area (Å²) in [7, 11) is 1.60. The molecule has 0 aliphatic rings. The van der Waals surface area contributed by atoms with Crippen LogP contribution in [0.5, 0.6) is 0 Å². The van der Waals surface area contributed by atoms with Crippen molar-refractivity contribution in [2.24, 2.45) is 0 Å². The van der Waals surface area contributed by atoms with Gasteiger partial charge in [-0.05, 0) is 24.6 Å². The second-order valence-electron chi connectivity index (χ2n) is 5.36. The Bertz CT molecular complexity index is 785. The topological polar surface area (TPSA) is 70.8 Å². The highest BCUT2D eigenvalue weighted by Gasteiger charge is 2.26. The smallest absolute Gasteiger partial charge is 0.339 e. The molecule has 0 fully saturated rings. The molecule has 7 heteroatoms. The fourth-order valence-electron chi connectivity index (χ4n) is 2.38. The van der Waals surface area contributed by atoms with E-state index in [0.29, 0.717) is 16.5 Å². The van der Waals surface area contributed by atoms with E-state index >= 15 is 0 Å². The van der Waals surface area contributed by atoms with Crippen LogP contribution < -0.4 is 0 Å². The van der Waals surface area contributed by atoms with E-state index in [1.807, 2.05) is 6.92 Å². The SMILES string of the molecule is CCc1oc(C(=O)N(C)C(C)c2ccc(Cl)cc2Cl)cc1C(=O)O. The van der Waals surface area contributed by atoms with Crippen LogP contribution in [0.3, 0.4) is 0 Å². The van der Waals surface area contributed by atoms with Crippen LogP contribution in [0, 0.1) is 0 Å². The normalized spacial score (nSPS) is 12.0. The molecule has 0 bridgehead atoms. The van der Waals surface area contributed by atoms with Gasteiger partial charge in [0, 0.05) is 29.6 Å². The predicted molar refractivity (Wildman–Crippen MR) is 92.0 cm³/mol. The van der Waals surface area contributed by atoms with Gasteiger partial charge in [0.2, 0.25) is 0 Å². The summed E-state index contributed by atoms with van der Waals surface area (Å²) in [6, 6.07) is 5.98. The van der Waals surface area contributed by atoms with Crippen molar-refractivity contribution in [1.82, 2.24) is 4.90 Å². The van der Waals surface area contributed by atoms with E-state index in [-0.39, 0.29) is 23.1 Å². The van der Waals surface area contributed by atoms with Crippen molar-refractivity contribution in [2.45, 2.75) is 26.3 Å². The number of hydrogen-bond acceptors (Lipinski definition) is 3. The number of hydrogen-bond donors (Lipinski definition) is 1. The van der Waals surface area contributed by atoms with Crippen molar-refractivity contribution in [2.75, 3.05) is 7.05 Å². The number of halogens is 2. The Labute approximate surface area is 149 Å². The second kappa shape index (κ2) is 7.28. The molecule has 24 heavy (non-hydrogen) atoms. The molecule has 1 aromatic carbocycles. The Morgan fingerprint density at radius 3 is 2.46 bits per heavy atom. The van der Waals surface area contributed by atoms with E-state index in [1.54, 1.807) is 32.2 Å². The van der Waals surface area contributed by atoms with Gasteiger partial charge in [-0.25, -0.2) is 4.79 Å². The maximum absolute atomic E-state index is 12.6. The van der Waals surface area contributed by atoms with Crippen LogP contribution in [-0.4, -0.2) is 28.9 Å². The molecule has 128 valence electrons. The largest absolute Gasteiger partial charge is 0.478 e. The van der Waals surface area contributed by atoms with Gasteiger partial charge in [0.05, 0.1) is 6.04 Å². The zero-order chi connectivity index (χ0) is 18.0. The molecule has 2 rings (SSSR count). The van der Waals surface area contributed by atoms with E-state index in [1.165, 1.54) is 11.0 Å². The van der Waals surface area contributed by atoms with Gasteiger partial charge in [0.15, 0.2) is 5.76 Å². The summed E-state index contributed by atoms with van der Waals surface area (Å²) in [5.74, 6) is -1.28. The van der Waals surface area contributed by atoms with Crippen LogP contribution in [0.15, 0.2) is 28.7 Å². The van der Waals surface area contributed by atoms with Gasteiger partial charge in [0.1, 0.15) is 11.3 Å². The highest BCUT2D eigenvalue weighted by Crippen LogP contribution is 2.30. The average molecular weight is 370 g/mol. The van der Waals surface area contributed by atoms with E-state index in [4.69, 9.17) is 32.7 Å². The molecule has 1 N–H and O–H groups in total. The molecule has 0 radical (unpaired) electrons. The molecule has 2 aromatic rings. The minimum Gasteiger partial charge on any atom is -0.478 e. The second-order valence-corrected chi connectivity index (χ2v) is 6.21. The number of aromatic carboxylic acids is 1. The maximum Gasteiger partial charge on any atom is 0.339 e. The highest BCUT2D eigenvalue weighted by molar-refractivity contribution is 6.35. The molecule has 5 nitrogen and oxygen atoms in total. The lowest BCUT2D eigenvalue weighted by Crippen LogP contribution is -2.29. The first-order valence-corrected chi connectivity index (χ1v) is 8.10. The third-order valence-corrected chi connectivity index (χ3v) is 4.45. The Balaban J connectivity index is 2.30. The molecular weight excluding hydrogens is 353 g/mol. The number of carboxylic acids is 1. The molecular formula is C17H17Cl2NO4. The van der Waals surface area contributed by atoms with E-state index in [2.05, 4.69) is 0 Å². The molecule has 1 aromatic heterocycles. The third-order valence-electron chi connectivity index (χ3n) is 3.89. The number of aryl methyl sites for hydroxylation is 1.